The summed E-state index contributed by atoms with van der Waals surface area (Å²) >= 11 is 0. The Hall–Kier alpha value is -1.71. The van der Waals surface area contributed by atoms with E-state index in [0.29, 0.717) is 0 Å². The molecule has 1 aromatic carbocycles. The predicted octanol–water partition coefficient (Wildman–Crippen LogP) is 2.59. The van der Waals surface area contributed by atoms with Crippen LogP contribution >= 0.6 is 0 Å². The molecule has 0 saturated heterocycles. The molecule has 1 rings (SSSR count). The molecule has 0 fully saturated rings. The molecule has 1 aromatic rings. The maximum absolute atomic E-state index is 5.15. The molecule has 2 N–H and O–H groups in total. The van der Waals surface area contributed by atoms with Gasteiger partial charge in [0.1, 0.15) is 5.75 Å². The molecule has 0 aliphatic carbocycles. The highest BCUT2D eigenvalue weighted by Gasteiger charge is 1.98. The van der Waals surface area contributed by atoms with Crippen molar-refractivity contribution in [3.05, 3.63) is 29.8 Å². The van der Waals surface area contributed by atoms with Crippen molar-refractivity contribution in [2.45, 2.75) is 33.1 Å². The number of hydrogen-bond donors (Lipinski definition) is 2. The monoisotopic (exact) mass is 277 g/mol. The SMILES string of the molecule is CCCCN=C(NCC)NCCc1ccc(OC)cc1. The van der Waals surface area contributed by atoms with E-state index in [1.165, 1.54) is 12.0 Å². The second kappa shape index (κ2) is 10.1. The first-order valence-corrected chi connectivity index (χ1v) is 7.45. The van der Waals surface area contributed by atoms with Gasteiger partial charge in [0.15, 0.2) is 5.96 Å². The van der Waals surface area contributed by atoms with Gasteiger partial charge < -0.3 is 15.4 Å². The highest BCUT2D eigenvalue weighted by atomic mass is 16.5. The van der Waals surface area contributed by atoms with Crippen LogP contribution in [0, 0.1) is 0 Å². The van der Waals surface area contributed by atoms with Crippen molar-refractivity contribution in [1.29, 1.82) is 0 Å². The summed E-state index contributed by atoms with van der Waals surface area (Å²) in [4.78, 5) is 4.54. The fourth-order valence-electron chi connectivity index (χ4n) is 1.81. The van der Waals surface area contributed by atoms with Gasteiger partial charge in [-0.2, -0.15) is 0 Å². The molecule has 0 aromatic heterocycles. The van der Waals surface area contributed by atoms with Gasteiger partial charge in [0.25, 0.3) is 0 Å². The molecule has 112 valence electrons. The van der Waals surface area contributed by atoms with Gasteiger partial charge in [-0.3, -0.25) is 4.99 Å². The van der Waals surface area contributed by atoms with Crippen LogP contribution in [-0.4, -0.2) is 32.7 Å². The zero-order valence-electron chi connectivity index (χ0n) is 12.9. The van der Waals surface area contributed by atoms with E-state index in [2.05, 4.69) is 41.6 Å². The van der Waals surface area contributed by atoms with Gasteiger partial charge in [-0.15, -0.1) is 0 Å². The highest BCUT2D eigenvalue weighted by Crippen LogP contribution is 2.11. The smallest absolute Gasteiger partial charge is 0.191 e. The van der Waals surface area contributed by atoms with E-state index in [1.807, 2.05) is 12.1 Å². The first-order chi connectivity index (χ1) is 9.80. The molecule has 0 radical (unpaired) electrons. The Labute approximate surface area is 122 Å². The van der Waals surface area contributed by atoms with Crippen molar-refractivity contribution in [2.75, 3.05) is 26.7 Å². The minimum Gasteiger partial charge on any atom is -0.497 e. The lowest BCUT2D eigenvalue weighted by Gasteiger charge is -2.11. The number of unbranched alkanes of at least 4 members (excludes halogenated alkanes) is 1. The number of guanidine groups is 1. The third-order valence-corrected chi connectivity index (χ3v) is 2.99. The van der Waals surface area contributed by atoms with Gasteiger partial charge in [0, 0.05) is 19.6 Å². The van der Waals surface area contributed by atoms with E-state index in [9.17, 15) is 0 Å². The van der Waals surface area contributed by atoms with E-state index < -0.39 is 0 Å². The summed E-state index contributed by atoms with van der Waals surface area (Å²) in [7, 11) is 1.69. The molecule has 0 unspecified atom stereocenters. The predicted molar refractivity (Wildman–Crippen MR) is 85.6 cm³/mol. The summed E-state index contributed by atoms with van der Waals surface area (Å²) in [5, 5.41) is 6.63. The molecular formula is C16H27N3O. The van der Waals surface area contributed by atoms with Crippen LogP contribution in [0.3, 0.4) is 0 Å². The summed E-state index contributed by atoms with van der Waals surface area (Å²) in [6, 6.07) is 8.19. The summed E-state index contributed by atoms with van der Waals surface area (Å²) in [5.74, 6) is 1.81. The van der Waals surface area contributed by atoms with Crippen LogP contribution < -0.4 is 15.4 Å². The number of nitrogens with one attached hydrogen (secondary N) is 2. The summed E-state index contributed by atoms with van der Waals surface area (Å²) in [6.07, 6.45) is 3.28. The first-order valence-electron chi connectivity index (χ1n) is 7.45. The molecular weight excluding hydrogens is 250 g/mol. The quantitative estimate of drug-likeness (QED) is 0.436. The lowest BCUT2D eigenvalue weighted by Crippen LogP contribution is -2.38. The van der Waals surface area contributed by atoms with Crippen molar-refractivity contribution in [3.63, 3.8) is 0 Å². The van der Waals surface area contributed by atoms with Crippen molar-refractivity contribution in [1.82, 2.24) is 10.6 Å². The van der Waals surface area contributed by atoms with Gasteiger partial charge in [0.2, 0.25) is 0 Å². The van der Waals surface area contributed by atoms with Crippen LogP contribution in [-0.2, 0) is 6.42 Å². The summed E-state index contributed by atoms with van der Waals surface area (Å²) in [6.45, 7) is 6.92. The molecule has 0 aliphatic rings. The average molecular weight is 277 g/mol. The number of nitrogens with zero attached hydrogens (tertiary/aromatic N) is 1. The summed E-state index contributed by atoms with van der Waals surface area (Å²) < 4.78 is 5.15. The van der Waals surface area contributed by atoms with Crippen molar-refractivity contribution >= 4 is 5.96 Å². The minimum atomic E-state index is 0.879. The van der Waals surface area contributed by atoms with E-state index in [4.69, 9.17) is 4.74 Å². The number of aliphatic imine (C=N–C) groups is 1. The molecule has 4 heteroatoms. The average Bonchev–Trinajstić information content (AvgIpc) is 2.48. The molecule has 4 nitrogen and oxygen atoms in total. The van der Waals surface area contributed by atoms with Crippen LogP contribution in [0.1, 0.15) is 32.3 Å². The number of ether oxygens (including phenoxy) is 1. The zero-order chi connectivity index (χ0) is 14.6. The molecule has 0 bridgehead atoms. The van der Waals surface area contributed by atoms with Crippen molar-refractivity contribution in [2.24, 2.45) is 4.99 Å². The van der Waals surface area contributed by atoms with Crippen molar-refractivity contribution in [3.8, 4) is 5.75 Å². The summed E-state index contributed by atoms with van der Waals surface area (Å²) in [5.41, 5.74) is 1.29. The fraction of sp³-hybridized carbons (Fsp3) is 0.562. The Morgan fingerprint density at radius 2 is 1.90 bits per heavy atom. The molecule has 0 atom stereocenters. The third kappa shape index (κ3) is 6.45. The van der Waals surface area contributed by atoms with E-state index in [0.717, 1.165) is 44.2 Å². The Bertz CT molecular complexity index is 387. The van der Waals surface area contributed by atoms with Crippen LogP contribution in [0.15, 0.2) is 29.3 Å². The highest BCUT2D eigenvalue weighted by molar-refractivity contribution is 5.79. The van der Waals surface area contributed by atoms with E-state index >= 15 is 0 Å². The fourth-order valence-corrected chi connectivity index (χ4v) is 1.81. The molecule has 0 heterocycles. The van der Waals surface area contributed by atoms with E-state index in [1.54, 1.807) is 7.11 Å². The normalized spacial score (nSPS) is 11.2. The first kappa shape index (κ1) is 16.3. The lowest BCUT2D eigenvalue weighted by molar-refractivity contribution is 0.414. The Balaban J connectivity index is 2.36. The van der Waals surface area contributed by atoms with Crippen LogP contribution in [0.4, 0.5) is 0 Å². The molecule has 0 amide bonds. The van der Waals surface area contributed by atoms with Crippen LogP contribution in [0.5, 0.6) is 5.75 Å². The second-order valence-corrected chi connectivity index (χ2v) is 4.64. The van der Waals surface area contributed by atoms with Crippen LogP contribution in [0.25, 0.3) is 0 Å². The largest absolute Gasteiger partial charge is 0.497 e. The topological polar surface area (TPSA) is 45.7 Å². The van der Waals surface area contributed by atoms with Gasteiger partial charge in [-0.1, -0.05) is 25.5 Å². The Morgan fingerprint density at radius 3 is 2.50 bits per heavy atom. The van der Waals surface area contributed by atoms with E-state index in [-0.39, 0.29) is 0 Å². The zero-order valence-corrected chi connectivity index (χ0v) is 12.9. The van der Waals surface area contributed by atoms with Gasteiger partial charge >= 0.3 is 0 Å². The third-order valence-electron chi connectivity index (χ3n) is 2.99. The number of hydrogen-bond acceptors (Lipinski definition) is 2. The Morgan fingerprint density at radius 1 is 1.15 bits per heavy atom. The van der Waals surface area contributed by atoms with Gasteiger partial charge in [-0.05, 0) is 37.5 Å². The standard InChI is InChI=1S/C16H27N3O/c1-4-6-12-18-16(17-5-2)19-13-11-14-7-9-15(20-3)10-8-14/h7-10H,4-6,11-13H2,1-3H3,(H2,17,18,19). The van der Waals surface area contributed by atoms with Gasteiger partial charge in [-0.25, -0.2) is 0 Å². The maximum atomic E-state index is 5.15. The Kier molecular flexibility index (Phi) is 8.27. The maximum Gasteiger partial charge on any atom is 0.191 e. The molecule has 0 aliphatic heterocycles. The molecule has 0 saturated carbocycles. The number of benzene rings is 1. The second-order valence-electron chi connectivity index (χ2n) is 4.64. The molecule has 20 heavy (non-hydrogen) atoms. The lowest BCUT2D eigenvalue weighted by atomic mass is 10.1. The van der Waals surface area contributed by atoms with Gasteiger partial charge in [0.05, 0.1) is 7.11 Å². The van der Waals surface area contributed by atoms with Crippen molar-refractivity contribution < 1.29 is 4.74 Å². The number of methoxy groups -OCH3 is 1. The molecule has 0 spiro atoms. The number of rotatable bonds is 8. The minimum absolute atomic E-state index is 0.879. The van der Waals surface area contributed by atoms with Crippen LogP contribution in [0.2, 0.25) is 0 Å².